The average molecular weight is 311 g/mol. The van der Waals surface area contributed by atoms with E-state index >= 15 is 0 Å². The quantitative estimate of drug-likeness (QED) is 0.797. The van der Waals surface area contributed by atoms with E-state index in [0.29, 0.717) is 18.2 Å². The predicted octanol–water partition coefficient (Wildman–Crippen LogP) is 2.74. The Morgan fingerprint density at radius 1 is 1.24 bits per heavy atom. The number of halogens is 1. The number of hydrogen-bond acceptors (Lipinski definition) is 3. The number of aromatic carboxylic acids is 1. The van der Waals surface area contributed by atoms with Crippen LogP contribution in [0.3, 0.4) is 0 Å². The van der Waals surface area contributed by atoms with E-state index in [2.05, 4.69) is 5.32 Å². The van der Waals surface area contributed by atoms with Crippen LogP contribution in [0.25, 0.3) is 0 Å². The molecule has 1 aromatic rings. The van der Waals surface area contributed by atoms with Crippen LogP contribution in [0.4, 0.5) is 5.69 Å². The van der Waals surface area contributed by atoms with Crippen molar-refractivity contribution in [1.29, 1.82) is 0 Å². The highest BCUT2D eigenvalue weighted by atomic mass is 35.5. The Morgan fingerprint density at radius 2 is 1.90 bits per heavy atom. The molecule has 0 spiro atoms. The van der Waals surface area contributed by atoms with Gasteiger partial charge in [0.15, 0.2) is 0 Å². The lowest BCUT2D eigenvalue weighted by Crippen LogP contribution is -2.29. The Labute approximate surface area is 128 Å². The fraction of sp³-hybridized carbons (Fsp3) is 0.467. The minimum Gasteiger partial charge on any atom is -0.478 e. The van der Waals surface area contributed by atoms with E-state index in [9.17, 15) is 9.59 Å². The second kappa shape index (κ2) is 6.91. The third-order valence-electron chi connectivity index (χ3n) is 3.96. The Hall–Kier alpha value is -1.59. The van der Waals surface area contributed by atoms with Gasteiger partial charge < -0.3 is 16.2 Å². The van der Waals surface area contributed by atoms with Crippen LogP contribution in [0.5, 0.6) is 0 Å². The van der Waals surface area contributed by atoms with Gasteiger partial charge in [0.05, 0.1) is 5.56 Å². The van der Waals surface area contributed by atoms with Crippen LogP contribution in [0, 0.1) is 11.8 Å². The molecule has 0 aromatic heterocycles. The molecule has 1 aliphatic carbocycles. The van der Waals surface area contributed by atoms with Crippen LogP contribution in [0.15, 0.2) is 18.2 Å². The highest BCUT2D eigenvalue weighted by molar-refractivity contribution is 6.31. The van der Waals surface area contributed by atoms with Gasteiger partial charge in [0.2, 0.25) is 5.91 Å². The third kappa shape index (κ3) is 4.19. The van der Waals surface area contributed by atoms with E-state index in [-0.39, 0.29) is 22.4 Å². The Morgan fingerprint density at radius 3 is 2.48 bits per heavy atom. The third-order valence-corrected chi connectivity index (χ3v) is 4.18. The van der Waals surface area contributed by atoms with Gasteiger partial charge in [-0.3, -0.25) is 4.79 Å². The molecular weight excluding hydrogens is 292 g/mol. The van der Waals surface area contributed by atoms with Gasteiger partial charge in [-0.25, -0.2) is 4.79 Å². The lowest BCUT2D eigenvalue weighted by Gasteiger charge is -2.26. The highest BCUT2D eigenvalue weighted by Gasteiger charge is 2.25. The van der Waals surface area contributed by atoms with Crippen molar-refractivity contribution < 1.29 is 14.7 Å². The summed E-state index contributed by atoms with van der Waals surface area (Å²) in [6.07, 6.45) is 3.56. The van der Waals surface area contributed by atoms with Crippen molar-refractivity contribution in [3.63, 3.8) is 0 Å². The molecule has 1 amide bonds. The van der Waals surface area contributed by atoms with Gasteiger partial charge in [0.25, 0.3) is 0 Å². The second-order valence-corrected chi connectivity index (χ2v) is 5.91. The van der Waals surface area contributed by atoms with Crippen LogP contribution >= 0.6 is 11.6 Å². The smallest absolute Gasteiger partial charge is 0.335 e. The molecule has 0 unspecified atom stereocenters. The standard InChI is InChI=1S/C15H19ClN2O3/c16-12-5-11(15(20)21)6-13(7-12)18-14(19)10-3-1-9(8-17)2-4-10/h5-7,9-10H,1-4,8,17H2,(H,18,19)(H,20,21). The Bertz CT molecular complexity index is 540. The summed E-state index contributed by atoms with van der Waals surface area (Å²) in [6.45, 7) is 0.671. The molecule has 1 aliphatic rings. The summed E-state index contributed by atoms with van der Waals surface area (Å²) in [5, 5.41) is 12.0. The lowest BCUT2D eigenvalue weighted by molar-refractivity contribution is -0.121. The maximum atomic E-state index is 12.2. The van der Waals surface area contributed by atoms with Crippen LogP contribution < -0.4 is 11.1 Å². The molecule has 1 saturated carbocycles. The van der Waals surface area contributed by atoms with E-state index in [1.807, 2.05) is 0 Å². The summed E-state index contributed by atoms with van der Waals surface area (Å²) >= 11 is 5.87. The number of carbonyl (C=O) groups is 2. The SMILES string of the molecule is NCC1CCC(C(=O)Nc2cc(Cl)cc(C(=O)O)c2)CC1. The first kappa shape index (κ1) is 15.8. The maximum absolute atomic E-state index is 12.2. The zero-order chi connectivity index (χ0) is 15.4. The predicted molar refractivity (Wildman–Crippen MR) is 81.5 cm³/mol. The summed E-state index contributed by atoms with van der Waals surface area (Å²) in [7, 11) is 0. The van der Waals surface area contributed by atoms with Crippen LogP contribution in [0.1, 0.15) is 36.0 Å². The molecule has 1 fully saturated rings. The molecule has 0 heterocycles. The molecular formula is C15H19ClN2O3. The number of carbonyl (C=O) groups excluding carboxylic acids is 1. The summed E-state index contributed by atoms with van der Waals surface area (Å²) in [5.41, 5.74) is 6.12. The first-order valence-corrected chi connectivity index (χ1v) is 7.42. The van der Waals surface area contributed by atoms with Gasteiger partial charge in [0.1, 0.15) is 0 Å². The van der Waals surface area contributed by atoms with Crippen molar-refractivity contribution in [3.05, 3.63) is 28.8 Å². The summed E-state index contributed by atoms with van der Waals surface area (Å²) < 4.78 is 0. The first-order chi connectivity index (χ1) is 9.99. The van der Waals surface area contributed by atoms with Crippen molar-refractivity contribution in [2.45, 2.75) is 25.7 Å². The van der Waals surface area contributed by atoms with Crippen molar-refractivity contribution in [3.8, 4) is 0 Å². The monoisotopic (exact) mass is 310 g/mol. The minimum absolute atomic E-state index is 0.0416. The topological polar surface area (TPSA) is 92.4 Å². The Balaban J connectivity index is 2.01. The van der Waals surface area contributed by atoms with Crippen molar-refractivity contribution in [2.75, 3.05) is 11.9 Å². The molecule has 21 heavy (non-hydrogen) atoms. The van der Waals surface area contributed by atoms with Crippen LogP contribution in [-0.4, -0.2) is 23.5 Å². The van der Waals surface area contributed by atoms with Crippen molar-refractivity contribution in [1.82, 2.24) is 0 Å². The van der Waals surface area contributed by atoms with Gasteiger partial charge in [-0.15, -0.1) is 0 Å². The number of amides is 1. The van der Waals surface area contributed by atoms with Gasteiger partial charge in [-0.2, -0.15) is 0 Å². The molecule has 0 radical (unpaired) electrons. The number of rotatable bonds is 4. The second-order valence-electron chi connectivity index (χ2n) is 5.48. The fourth-order valence-corrected chi connectivity index (χ4v) is 2.93. The maximum Gasteiger partial charge on any atom is 0.335 e. The number of carboxylic acids is 1. The molecule has 2 rings (SSSR count). The van der Waals surface area contributed by atoms with Gasteiger partial charge in [-0.05, 0) is 56.3 Å². The summed E-state index contributed by atoms with van der Waals surface area (Å²) in [4.78, 5) is 23.2. The minimum atomic E-state index is -1.07. The summed E-state index contributed by atoms with van der Waals surface area (Å²) in [6, 6.07) is 4.32. The van der Waals surface area contributed by atoms with E-state index in [0.717, 1.165) is 25.7 Å². The zero-order valence-corrected chi connectivity index (χ0v) is 12.4. The van der Waals surface area contributed by atoms with Gasteiger partial charge >= 0.3 is 5.97 Å². The summed E-state index contributed by atoms with van der Waals surface area (Å²) in [5.74, 6) is -0.681. The van der Waals surface area contributed by atoms with E-state index < -0.39 is 5.97 Å². The molecule has 1 aromatic carbocycles. The number of benzene rings is 1. The molecule has 0 saturated heterocycles. The lowest BCUT2D eigenvalue weighted by atomic mass is 9.81. The normalized spacial score (nSPS) is 21.8. The zero-order valence-electron chi connectivity index (χ0n) is 11.6. The molecule has 6 heteroatoms. The van der Waals surface area contributed by atoms with E-state index in [1.165, 1.54) is 12.1 Å². The molecule has 4 N–H and O–H groups in total. The van der Waals surface area contributed by atoms with Gasteiger partial charge in [-0.1, -0.05) is 11.6 Å². The largest absolute Gasteiger partial charge is 0.478 e. The molecule has 0 atom stereocenters. The molecule has 114 valence electrons. The van der Waals surface area contributed by atoms with Crippen molar-refractivity contribution >= 4 is 29.2 Å². The first-order valence-electron chi connectivity index (χ1n) is 7.04. The van der Waals surface area contributed by atoms with E-state index in [4.69, 9.17) is 22.4 Å². The Kier molecular flexibility index (Phi) is 5.20. The average Bonchev–Trinajstić information content (AvgIpc) is 2.46. The number of nitrogens with two attached hydrogens (primary N) is 1. The van der Waals surface area contributed by atoms with Gasteiger partial charge in [0, 0.05) is 16.6 Å². The van der Waals surface area contributed by atoms with Crippen molar-refractivity contribution in [2.24, 2.45) is 17.6 Å². The number of anilines is 1. The molecule has 5 nitrogen and oxygen atoms in total. The number of hydrogen-bond donors (Lipinski definition) is 3. The van der Waals surface area contributed by atoms with Crippen LogP contribution in [-0.2, 0) is 4.79 Å². The highest BCUT2D eigenvalue weighted by Crippen LogP contribution is 2.29. The number of nitrogens with one attached hydrogen (secondary N) is 1. The molecule has 0 aliphatic heterocycles. The number of carboxylic acid groups (broad SMARTS) is 1. The fourth-order valence-electron chi connectivity index (χ4n) is 2.69. The van der Waals surface area contributed by atoms with Crippen LogP contribution in [0.2, 0.25) is 5.02 Å². The van der Waals surface area contributed by atoms with E-state index in [1.54, 1.807) is 6.07 Å². The molecule has 0 bridgehead atoms.